The van der Waals surface area contributed by atoms with Crippen molar-refractivity contribution in [3.05, 3.63) is 0 Å². The van der Waals surface area contributed by atoms with Crippen LogP contribution in [0.5, 0.6) is 0 Å². The Morgan fingerprint density at radius 2 is 1.79 bits per heavy atom. The number of hydrogen-bond donors (Lipinski definition) is 0. The zero-order valence-electron chi connectivity index (χ0n) is 11.4. The lowest BCUT2D eigenvalue weighted by Crippen LogP contribution is -2.53. The summed E-state index contributed by atoms with van der Waals surface area (Å²) in [6.45, 7) is 1.89. The summed E-state index contributed by atoms with van der Waals surface area (Å²) in [5, 5.41) is 3.85. The molecule has 0 radical (unpaired) electrons. The highest BCUT2D eigenvalue weighted by Crippen LogP contribution is 2.57. The predicted octanol–water partition coefficient (Wildman–Crippen LogP) is 2.66. The minimum Gasteiger partial charge on any atom is -0.456 e. The molecule has 4 bridgehead atoms. The summed E-state index contributed by atoms with van der Waals surface area (Å²) in [7, 11) is 0. The van der Waals surface area contributed by atoms with Crippen LogP contribution in [0.2, 0.25) is 0 Å². The molecule has 4 fully saturated rings. The number of carbonyl (C=O) groups is 1. The van der Waals surface area contributed by atoms with Crippen LogP contribution in [0.3, 0.4) is 0 Å². The average Bonchev–Trinajstić information content (AvgIpc) is 2.73. The van der Waals surface area contributed by atoms with E-state index in [1.807, 2.05) is 6.92 Å². The molecule has 19 heavy (non-hydrogen) atoms. The van der Waals surface area contributed by atoms with Crippen LogP contribution in [-0.4, -0.2) is 23.4 Å². The maximum Gasteiger partial charge on any atom is 0.351 e. The summed E-state index contributed by atoms with van der Waals surface area (Å²) < 4.78 is 5.95. The second kappa shape index (κ2) is 3.97. The number of oxime groups is 1. The Labute approximate surface area is 113 Å². The van der Waals surface area contributed by atoms with Gasteiger partial charge in [0.1, 0.15) is 5.60 Å². The highest BCUT2D eigenvalue weighted by atomic mass is 16.7. The first kappa shape index (κ1) is 11.7. The van der Waals surface area contributed by atoms with Gasteiger partial charge in [-0.05, 0) is 63.2 Å². The van der Waals surface area contributed by atoms with E-state index in [-0.39, 0.29) is 11.6 Å². The van der Waals surface area contributed by atoms with Gasteiger partial charge < -0.3 is 9.57 Å². The van der Waals surface area contributed by atoms with Crippen LogP contribution in [0, 0.1) is 17.8 Å². The van der Waals surface area contributed by atoms with Crippen LogP contribution < -0.4 is 0 Å². The monoisotopic (exact) mass is 263 g/mol. The minimum atomic E-state index is -0.493. The van der Waals surface area contributed by atoms with Crippen molar-refractivity contribution >= 4 is 11.7 Å². The molecule has 0 aromatic heterocycles. The Hall–Kier alpha value is -1.06. The molecule has 5 aliphatic rings. The maximum absolute atomic E-state index is 12.3. The SMILES string of the molecule is CC1=NOC(C(=O)OC23CC4CC(CC(C4)C2)C3)C1. The van der Waals surface area contributed by atoms with Crippen molar-refractivity contribution in [2.24, 2.45) is 22.9 Å². The topological polar surface area (TPSA) is 47.9 Å². The average molecular weight is 263 g/mol. The van der Waals surface area contributed by atoms with E-state index in [4.69, 9.17) is 9.57 Å². The van der Waals surface area contributed by atoms with E-state index in [0.717, 1.165) is 42.7 Å². The number of carbonyl (C=O) groups excluding carboxylic acids is 1. The smallest absolute Gasteiger partial charge is 0.351 e. The molecular weight excluding hydrogens is 242 g/mol. The zero-order chi connectivity index (χ0) is 13.0. The Morgan fingerprint density at radius 1 is 1.21 bits per heavy atom. The van der Waals surface area contributed by atoms with Crippen molar-refractivity contribution < 1.29 is 14.4 Å². The molecule has 4 aliphatic carbocycles. The number of esters is 1. The van der Waals surface area contributed by atoms with Crippen molar-refractivity contribution in [3.8, 4) is 0 Å². The summed E-state index contributed by atoms with van der Waals surface area (Å²) in [6, 6.07) is 0. The molecule has 0 N–H and O–H groups in total. The quantitative estimate of drug-likeness (QED) is 0.720. The molecule has 0 saturated heterocycles. The minimum absolute atomic E-state index is 0.161. The largest absolute Gasteiger partial charge is 0.456 e. The van der Waals surface area contributed by atoms with Gasteiger partial charge in [0.2, 0.25) is 6.10 Å². The van der Waals surface area contributed by atoms with Crippen molar-refractivity contribution in [1.82, 2.24) is 0 Å². The molecule has 4 saturated carbocycles. The van der Waals surface area contributed by atoms with Gasteiger partial charge in [0.25, 0.3) is 0 Å². The number of rotatable bonds is 2. The Morgan fingerprint density at radius 3 is 2.26 bits per heavy atom. The molecule has 104 valence electrons. The first-order valence-electron chi connectivity index (χ1n) is 7.54. The molecule has 1 atom stereocenters. The van der Waals surface area contributed by atoms with E-state index in [9.17, 15) is 4.79 Å². The van der Waals surface area contributed by atoms with E-state index in [0.29, 0.717) is 6.42 Å². The standard InChI is InChI=1S/C15H21NO3/c1-9-2-13(19-16-9)14(17)18-15-6-10-3-11(7-15)5-12(4-10)8-15/h10-13H,2-8H2,1H3. The Bertz CT molecular complexity index is 407. The van der Waals surface area contributed by atoms with Gasteiger partial charge in [-0.2, -0.15) is 0 Å². The van der Waals surface area contributed by atoms with Gasteiger partial charge >= 0.3 is 5.97 Å². The molecular formula is C15H21NO3. The Balaban J connectivity index is 1.46. The van der Waals surface area contributed by atoms with Crippen LogP contribution >= 0.6 is 0 Å². The van der Waals surface area contributed by atoms with Crippen LogP contribution in [0.25, 0.3) is 0 Å². The second-order valence-corrected chi connectivity index (χ2v) is 7.15. The molecule has 1 aliphatic heterocycles. The molecule has 0 spiro atoms. The molecule has 0 aromatic carbocycles. The first-order valence-corrected chi connectivity index (χ1v) is 7.54. The summed E-state index contributed by atoms with van der Waals surface area (Å²) in [4.78, 5) is 17.4. The van der Waals surface area contributed by atoms with Gasteiger partial charge in [0, 0.05) is 6.42 Å². The molecule has 4 nitrogen and oxygen atoms in total. The molecule has 0 amide bonds. The summed E-state index contributed by atoms with van der Waals surface area (Å²) >= 11 is 0. The van der Waals surface area contributed by atoms with E-state index in [2.05, 4.69) is 5.16 Å². The number of hydrogen-bond acceptors (Lipinski definition) is 4. The predicted molar refractivity (Wildman–Crippen MR) is 69.6 cm³/mol. The van der Waals surface area contributed by atoms with Crippen molar-refractivity contribution in [3.63, 3.8) is 0 Å². The highest BCUT2D eigenvalue weighted by Gasteiger charge is 2.53. The summed E-state index contributed by atoms with van der Waals surface area (Å²) in [6.07, 6.45) is 7.42. The second-order valence-electron chi connectivity index (χ2n) is 7.15. The molecule has 0 aromatic rings. The third-order valence-electron chi connectivity index (χ3n) is 5.38. The normalized spacial score (nSPS) is 46.9. The lowest BCUT2D eigenvalue weighted by Gasteiger charge is -2.55. The van der Waals surface area contributed by atoms with E-state index < -0.39 is 6.10 Å². The molecule has 1 unspecified atom stereocenters. The lowest BCUT2D eigenvalue weighted by molar-refractivity contribution is -0.196. The first-order chi connectivity index (χ1) is 9.12. The fraction of sp³-hybridized carbons (Fsp3) is 0.867. The van der Waals surface area contributed by atoms with Crippen LogP contribution in [0.4, 0.5) is 0 Å². The van der Waals surface area contributed by atoms with Gasteiger partial charge in [0.05, 0.1) is 5.71 Å². The van der Waals surface area contributed by atoms with E-state index in [1.165, 1.54) is 19.3 Å². The van der Waals surface area contributed by atoms with Crippen LogP contribution in [0.15, 0.2) is 5.16 Å². The number of nitrogens with zero attached hydrogens (tertiary/aromatic N) is 1. The van der Waals surface area contributed by atoms with E-state index in [1.54, 1.807) is 0 Å². The fourth-order valence-electron chi connectivity index (χ4n) is 5.06. The third-order valence-corrected chi connectivity index (χ3v) is 5.38. The highest BCUT2D eigenvalue weighted by molar-refractivity contribution is 5.89. The number of ether oxygens (including phenoxy) is 1. The molecule has 5 rings (SSSR count). The van der Waals surface area contributed by atoms with Crippen molar-refractivity contribution in [1.29, 1.82) is 0 Å². The van der Waals surface area contributed by atoms with Crippen LogP contribution in [-0.2, 0) is 14.4 Å². The van der Waals surface area contributed by atoms with Gasteiger partial charge in [-0.1, -0.05) is 5.16 Å². The Kier molecular flexibility index (Phi) is 2.45. The fourth-order valence-corrected chi connectivity index (χ4v) is 5.06. The van der Waals surface area contributed by atoms with Crippen molar-refractivity contribution in [2.75, 3.05) is 0 Å². The lowest BCUT2D eigenvalue weighted by atomic mass is 9.54. The van der Waals surface area contributed by atoms with Gasteiger partial charge in [-0.3, -0.25) is 0 Å². The van der Waals surface area contributed by atoms with Crippen molar-refractivity contribution in [2.45, 2.75) is 63.6 Å². The zero-order valence-corrected chi connectivity index (χ0v) is 11.4. The molecule has 1 heterocycles. The molecule has 4 heteroatoms. The summed E-state index contributed by atoms with van der Waals surface area (Å²) in [5.74, 6) is 2.19. The van der Waals surface area contributed by atoms with E-state index >= 15 is 0 Å². The third kappa shape index (κ3) is 1.96. The van der Waals surface area contributed by atoms with Gasteiger partial charge in [-0.25, -0.2) is 4.79 Å². The summed E-state index contributed by atoms with van der Waals surface area (Å²) in [5.41, 5.74) is 0.721. The van der Waals surface area contributed by atoms with Gasteiger partial charge in [0.15, 0.2) is 0 Å². The van der Waals surface area contributed by atoms with Crippen LogP contribution in [0.1, 0.15) is 51.9 Å². The maximum atomic E-state index is 12.3. The van der Waals surface area contributed by atoms with Gasteiger partial charge in [-0.15, -0.1) is 0 Å².